The molecular weight excluding hydrogens is 518 g/mol. The topological polar surface area (TPSA) is 133 Å². The smallest absolute Gasteiger partial charge is 0.269 e. The van der Waals surface area contributed by atoms with Crippen LogP contribution in [0.3, 0.4) is 0 Å². The molecule has 0 bridgehead atoms. The van der Waals surface area contributed by atoms with Gasteiger partial charge in [-0.15, -0.1) is 6.58 Å². The fraction of sp³-hybridized carbons (Fsp3) is 0.429. The number of amides is 2. The summed E-state index contributed by atoms with van der Waals surface area (Å²) in [6, 6.07) is 13.7. The highest BCUT2D eigenvalue weighted by atomic mass is 28.4. The van der Waals surface area contributed by atoms with Crippen molar-refractivity contribution in [2.45, 2.75) is 50.2 Å². The molecule has 2 heterocycles. The minimum atomic E-state index is -3.03. The molecule has 2 aliphatic heterocycles. The van der Waals surface area contributed by atoms with Crippen LogP contribution in [0.4, 0.5) is 11.4 Å². The van der Waals surface area contributed by atoms with E-state index in [2.05, 4.69) is 6.58 Å². The van der Waals surface area contributed by atoms with Crippen LogP contribution in [0.1, 0.15) is 24.5 Å². The van der Waals surface area contributed by atoms with E-state index in [4.69, 9.17) is 4.74 Å². The molecule has 2 aromatic carbocycles. The van der Waals surface area contributed by atoms with Gasteiger partial charge < -0.3 is 24.4 Å². The van der Waals surface area contributed by atoms with Gasteiger partial charge in [0.25, 0.3) is 11.6 Å². The van der Waals surface area contributed by atoms with Gasteiger partial charge in [0, 0.05) is 48.8 Å². The number of hydrogen-bond donors (Lipinski definition) is 2. The van der Waals surface area contributed by atoms with Gasteiger partial charge in [-0.3, -0.25) is 19.7 Å². The Bertz CT molecular complexity index is 1270. The molecule has 11 heteroatoms. The predicted octanol–water partition coefficient (Wildman–Crippen LogP) is 3.34. The minimum Gasteiger partial charge on any atom is -0.432 e. The Morgan fingerprint density at radius 3 is 2.56 bits per heavy atom. The number of nitro groups is 1. The quantitative estimate of drug-likeness (QED) is 0.200. The molecule has 1 fully saturated rings. The Morgan fingerprint density at radius 1 is 1.28 bits per heavy atom. The van der Waals surface area contributed by atoms with Gasteiger partial charge in [0.2, 0.25) is 5.91 Å². The zero-order chi connectivity index (χ0) is 28.5. The van der Waals surface area contributed by atoms with Crippen LogP contribution < -0.4 is 4.90 Å². The monoisotopic (exact) mass is 553 g/mol. The Balaban J connectivity index is 1.74. The molecule has 0 saturated carbocycles. The number of rotatable bonds is 10. The second-order valence-corrected chi connectivity index (χ2v) is 14.7. The summed E-state index contributed by atoms with van der Waals surface area (Å²) < 4.78 is 6.58. The Morgan fingerprint density at radius 2 is 1.97 bits per heavy atom. The molecule has 4 atom stereocenters. The number of fused-ring (bicyclic) bond motifs is 2. The fourth-order valence-electron chi connectivity index (χ4n) is 6.21. The van der Waals surface area contributed by atoms with Crippen LogP contribution in [0, 0.1) is 16.0 Å². The maximum Gasteiger partial charge on any atom is 0.269 e. The van der Waals surface area contributed by atoms with Gasteiger partial charge in [-0.25, -0.2) is 0 Å². The summed E-state index contributed by atoms with van der Waals surface area (Å²) in [6.45, 7) is 9.42. The lowest BCUT2D eigenvalue weighted by Crippen LogP contribution is -2.46. The van der Waals surface area contributed by atoms with E-state index in [1.807, 2.05) is 37.3 Å². The van der Waals surface area contributed by atoms with Gasteiger partial charge in [0.05, 0.1) is 29.7 Å². The number of nitrogens with zero attached hydrogens (tertiary/aromatic N) is 3. The lowest BCUT2D eigenvalue weighted by molar-refractivity contribution is -0.385. The maximum atomic E-state index is 14.0. The molecular formula is C28H35N3O7Si. The predicted molar refractivity (Wildman–Crippen MR) is 148 cm³/mol. The molecule has 2 aromatic rings. The van der Waals surface area contributed by atoms with Crippen molar-refractivity contribution in [2.75, 3.05) is 24.6 Å². The van der Waals surface area contributed by atoms with Gasteiger partial charge in [-0.05, 0) is 24.7 Å². The van der Waals surface area contributed by atoms with E-state index in [1.165, 1.54) is 28.0 Å². The van der Waals surface area contributed by atoms with Crippen LogP contribution >= 0.6 is 0 Å². The van der Waals surface area contributed by atoms with Crippen LogP contribution in [0.2, 0.25) is 18.6 Å². The molecule has 39 heavy (non-hydrogen) atoms. The number of ether oxygens (including phenoxy) is 1. The Labute approximate surface area is 228 Å². The Hall–Kier alpha value is -3.38. The maximum absolute atomic E-state index is 14.0. The number of aliphatic hydroxyl groups excluding tert-OH is 1. The van der Waals surface area contributed by atoms with Crippen molar-refractivity contribution in [2.24, 2.45) is 5.92 Å². The number of hydrogen-bond acceptors (Lipinski definition) is 7. The highest BCUT2D eigenvalue weighted by Crippen LogP contribution is 2.60. The fourth-order valence-corrected chi connectivity index (χ4v) is 8.76. The van der Waals surface area contributed by atoms with E-state index < -0.39 is 36.4 Å². The second-order valence-electron chi connectivity index (χ2n) is 10.8. The summed E-state index contributed by atoms with van der Waals surface area (Å²) in [5.41, 5.74) is -0.525. The first-order valence-corrected chi connectivity index (χ1v) is 16.0. The number of carbonyl (C=O) groups excluding carboxylic acids is 2. The van der Waals surface area contributed by atoms with Crippen molar-refractivity contribution in [3.8, 4) is 0 Å². The number of nitro benzene ring substituents is 1. The molecule has 4 rings (SSSR count). The van der Waals surface area contributed by atoms with Crippen molar-refractivity contribution in [3.05, 3.63) is 82.4 Å². The molecule has 0 radical (unpaired) electrons. The van der Waals surface area contributed by atoms with Crippen LogP contribution in [-0.2, 0) is 26.5 Å². The summed E-state index contributed by atoms with van der Waals surface area (Å²) in [7, 11) is -3.03. The number of benzene rings is 2. The number of aliphatic hydroxyl groups is 1. The summed E-state index contributed by atoms with van der Waals surface area (Å²) in [5, 5.41) is 21.3. The van der Waals surface area contributed by atoms with Gasteiger partial charge in [0.1, 0.15) is 0 Å². The molecule has 1 spiro atoms. The third-order valence-electron chi connectivity index (χ3n) is 7.80. The molecule has 1 saturated heterocycles. The van der Waals surface area contributed by atoms with E-state index in [9.17, 15) is 29.6 Å². The first kappa shape index (κ1) is 28.6. The Kier molecular flexibility index (Phi) is 8.08. The third kappa shape index (κ3) is 5.14. The average Bonchev–Trinajstić information content (AvgIpc) is 3.31. The third-order valence-corrected chi connectivity index (χ3v) is 10.3. The highest BCUT2D eigenvalue weighted by molar-refractivity contribution is 6.71. The van der Waals surface area contributed by atoms with Gasteiger partial charge in [0.15, 0.2) is 13.9 Å². The van der Waals surface area contributed by atoms with Crippen molar-refractivity contribution in [1.82, 2.24) is 4.90 Å². The molecule has 0 unspecified atom stereocenters. The molecule has 0 aromatic heterocycles. The number of carbonyl (C=O) groups is 2. The molecule has 0 aliphatic carbocycles. The van der Waals surface area contributed by atoms with Crippen molar-refractivity contribution in [1.29, 1.82) is 0 Å². The first-order valence-electron chi connectivity index (χ1n) is 13.0. The molecule has 10 nitrogen and oxygen atoms in total. The van der Waals surface area contributed by atoms with Crippen molar-refractivity contribution in [3.63, 3.8) is 0 Å². The summed E-state index contributed by atoms with van der Waals surface area (Å²) >= 11 is 0. The van der Waals surface area contributed by atoms with Crippen molar-refractivity contribution >= 4 is 31.5 Å². The SMILES string of the molecule is C=CCN1C(=O)[C@@]2(O[C@@H](CC(=O)N(CCO)Cc3ccccc3)[C@H]([Si](C)(C)O)[C@H]2C)c2cc([N+](=O)[O-])ccc21. The second kappa shape index (κ2) is 11.0. The first-order chi connectivity index (χ1) is 18.4. The van der Waals surface area contributed by atoms with E-state index in [0.29, 0.717) is 17.8 Å². The summed E-state index contributed by atoms with van der Waals surface area (Å²) in [5.74, 6) is -1.23. The molecule has 2 amide bonds. The molecule has 2 N–H and O–H groups in total. The van der Waals surface area contributed by atoms with Crippen LogP contribution in [-0.4, -0.2) is 65.7 Å². The molecule has 208 valence electrons. The zero-order valence-corrected chi connectivity index (χ0v) is 23.4. The zero-order valence-electron chi connectivity index (χ0n) is 22.4. The molecule has 2 aliphatic rings. The lowest BCUT2D eigenvalue weighted by atomic mass is 9.82. The summed E-state index contributed by atoms with van der Waals surface area (Å²) in [6.07, 6.45) is 0.650. The summed E-state index contributed by atoms with van der Waals surface area (Å²) in [4.78, 5) is 53.2. The van der Waals surface area contributed by atoms with Crippen LogP contribution in [0.25, 0.3) is 0 Å². The normalized spacial score (nSPS) is 24.2. The van der Waals surface area contributed by atoms with E-state index in [0.717, 1.165) is 5.56 Å². The van der Waals surface area contributed by atoms with Gasteiger partial charge >= 0.3 is 0 Å². The van der Waals surface area contributed by atoms with E-state index >= 15 is 0 Å². The standard InChI is InChI=1S/C28H35N3O7Si/c1-5-13-30-23-12-11-21(31(35)36)16-22(23)28(27(30)34)19(2)26(39(3,4)37)24(38-28)17-25(33)29(14-15-32)18-20-9-7-6-8-10-20/h5-12,16,19,24,26,32,37H,1,13-15,17-18H2,2-4H3/t19-,24+,26-,28+/m1/s1. The number of non-ortho nitro benzene ring substituents is 1. The average molecular weight is 554 g/mol. The van der Waals surface area contributed by atoms with E-state index in [-0.39, 0.29) is 43.6 Å². The van der Waals surface area contributed by atoms with Crippen LogP contribution in [0.5, 0.6) is 0 Å². The van der Waals surface area contributed by atoms with Gasteiger partial charge in [-0.2, -0.15) is 0 Å². The van der Waals surface area contributed by atoms with Crippen LogP contribution in [0.15, 0.2) is 61.2 Å². The highest BCUT2D eigenvalue weighted by Gasteiger charge is 2.66. The van der Waals surface area contributed by atoms with Crippen molar-refractivity contribution < 1.29 is 29.2 Å². The largest absolute Gasteiger partial charge is 0.432 e. The van der Waals surface area contributed by atoms with Gasteiger partial charge in [-0.1, -0.05) is 43.3 Å². The minimum absolute atomic E-state index is 0.112. The lowest BCUT2D eigenvalue weighted by Gasteiger charge is -2.32. The van der Waals surface area contributed by atoms with E-state index in [1.54, 1.807) is 19.2 Å². The number of anilines is 1.